The van der Waals surface area contributed by atoms with Gasteiger partial charge in [-0.25, -0.2) is 0 Å². The summed E-state index contributed by atoms with van der Waals surface area (Å²) in [5.41, 5.74) is 2.61. The molecule has 0 aliphatic carbocycles. The first-order valence-electron chi connectivity index (χ1n) is 4.96. The van der Waals surface area contributed by atoms with Crippen LogP contribution in [-0.4, -0.2) is 5.78 Å². The molecule has 1 heterocycles. The van der Waals surface area contributed by atoms with Crippen LogP contribution >= 0.6 is 27.3 Å². The van der Waals surface area contributed by atoms with E-state index in [4.69, 9.17) is 0 Å². The molecule has 1 aromatic heterocycles. The third kappa shape index (κ3) is 2.11. The van der Waals surface area contributed by atoms with Crippen LogP contribution in [0.25, 0.3) is 0 Å². The zero-order chi connectivity index (χ0) is 11.7. The summed E-state index contributed by atoms with van der Waals surface area (Å²) >= 11 is 5.00. The molecule has 0 atom stereocenters. The number of aryl methyl sites for hydroxylation is 2. The second-order valence-corrected chi connectivity index (χ2v) is 6.30. The van der Waals surface area contributed by atoms with E-state index in [2.05, 4.69) is 15.9 Å². The Bertz CT molecular complexity index is 543. The van der Waals surface area contributed by atoms with E-state index in [0.29, 0.717) is 0 Å². The highest BCUT2D eigenvalue weighted by molar-refractivity contribution is 9.11. The summed E-state index contributed by atoms with van der Waals surface area (Å²) in [4.78, 5) is 13.3. The number of hydrogen-bond donors (Lipinski definition) is 0. The fourth-order valence-electron chi connectivity index (χ4n) is 1.64. The van der Waals surface area contributed by atoms with Crippen LogP contribution in [-0.2, 0) is 0 Å². The lowest BCUT2D eigenvalue weighted by molar-refractivity contribution is 0.103. The van der Waals surface area contributed by atoms with Gasteiger partial charge in [0, 0.05) is 16.0 Å². The maximum atomic E-state index is 12.3. The summed E-state index contributed by atoms with van der Waals surface area (Å²) < 4.78 is 1.00. The maximum Gasteiger partial charge on any atom is 0.194 e. The standard InChI is InChI=1S/C13H11BrOS/c1-8-5-3-4-6-10(8)13(15)11-7-12(14)16-9(11)2/h3-7H,1-2H3. The largest absolute Gasteiger partial charge is 0.289 e. The molecule has 0 saturated carbocycles. The highest BCUT2D eigenvalue weighted by atomic mass is 79.9. The maximum absolute atomic E-state index is 12.3. The molecule has 16 heavy (non-hydrogen) atoms. The minimum Gasteiger partial charge on any atom is -0.289 e. The van der Waals surface area contributed by atoms with Gasteiger partial charge in [-0.15, -0.1) is 11.3 Å². The van der Waals surface area contributed by atoms with Crippen LogP contribution in [0.4, 0.5) is 0 Å². The first kappa shape index (κ1) is 11.6. The number of carbonyl (C=O) groups is 1. The fourth-order valence-corrected chi connectivity index (χ4v) is 3.33. The molecule has 0 fully saturated rings. The van der Waals surface area contributed by atoms with E-state index in [0.717, 1.165) is 25.4 Å². The Morgan fingerprint density at radius 2 is 1.88 bits per heavy atom. The number of benzene rings is 1. The van der Waals surface area contributed by atoms with Gasteiger partial charge in [-0.2, -0.15) is 0 Å². The number of rotatable bonds is 2. The summed E-state index contributed by atoms with van der Waals surface area (Å²) in [7, 11) is 0. The minimum absolute atomic E-state index is 0.109. The predicted octanol–water partition coefficient (Wildman–Crippen LogP) is 4.36. The number of halogens is 1. The molecule has 0 radical (unpaired) electrons. The zero-order valence-corrected chi connectivity index (χ0v) is 11.5. The topological polar surface area (TPSA) is 17.1 Å². The van der Waals surface area contributed by atoms with Gasteiger partial charge < -0.3 is 0 Å². The second-order valence-electron chi connectivity index (χ2n) is 3.66. The second kappa shape index (κ2) is 4.52. The van der Waals surface area contributed by atoms with Gasteiger partial charge in [-0.1, -0.05) is 24.3 Å². The van der Waals surface area contributed by atoms with E-state index in [9.17, 15) is 4.79 Å². The first-order chi connectivity index (χ1) is 7.59. The zero-order valence-electron chi connectivity index (χ0n) is 9.08. The molecular weight excluding hydrogens is 284 g/mol. The van der Waals surface area contributed by atoms with Crippen LogP contribution in [0.3, 0.4) is 0 Å². The Labute approximate surface area is 107 Å². The Morgan fingerprint density at radius 3 is 2.44 bits per heavy atom. The van der Waals surface area contributed by atoms with Crippen molar-refractivity contribution in [1.82, 2.24) is 0 Å². The fraction of sp³-hybridized carbons (Fsp3) is 0.154. The molecule has 0 saturated heterocycles. The summed E-state index contributed by atoms with van der Waals surface area (Å²) in [5.74, 6) is 0.109. The molecule has 0 aliphatic rings. The first-order valence-corrected chi connectivity index (χ1v) is 6.57. The summed E-state index contributed by atoms with van der Waals surface area (Å²) in [6, 6.07) is 9.58. The molecule has 0 spiro atoms. The van der Waals surface area contributed by atoms with Crippen molar-refractivity contribution in [1.29, 1.82) is 0 Å². The average molecular weight is 295 g/mol. The Morgan fingerprint density at radius 1 is 1.19 bits per heavy atom. The third-order valence-corrected chi connectivity index (χ3v) is 4.08. The molecule has 82 valence electrons. The molecule has 1 aromatic carbocycles. The number of thiophene rings is 1. The molecule has 2 aromatic rings. The normalized spacial score (nSPS) is 10.4. The lowest BCUT2D eigenvalue weighted by atomic mass is 10.00. The highest BCUT2D eigenvalue weighted by Crippen LogP contribution is 2.28. The molecule has 0 amide bonds. The molecule has 1 nitrogen and oxygen atoms in total. The minimum atomic E-state index is 0.109. The van der Waals surface area contributed by atoms with Gasteiger partial charge in [0.2, 0.25) is 0 Å². The van der Waals surface area contributed by atoms with Crippen LogP contribution in [0.2, 0.25) is 0 Å². The van der Waals surface area contributed by atoms with Gasteiger partial charge in [0.1, 0.15) is 0 Å². The van der Waals surface area contributed by atoms with Crippen molar-refractivity contribution in [2.24, 2.45) is 0 Å². The van der Waals surface area contributed by atoms with Crippen molar-refractivity contribution in [2.75, 3.05) is 0 Å². The Hall–Kier alpha value is -0.930. The van der Waals surface area contributed by atoms with E-state index in [1.165, 1.54) is 0 Å². The van der Waals surface area contributed by atoms with E-state index < -0.39 is 0 Å². The van der Waals surface area contributed by atoms with Gasteiger partial charge in [-0.05, 0) is 41.4 Å². The van der Waals surface area contributed by atoms with Crippen LogP contribution < -0.4 is 0 Å². The van der Waals surface area contributed by atoms with Crippen molar-refractivity contribution < 1.29 is 4.79 Å². The van der Waals surface area contributed by atoms with Crippen molar-refractivity contribution in [2.45, 2.75) is 13.8 Å². The summed E-state index contributed by atoms with van der Waals surface area (Å²) in [6.45, 7) is 3.94. The molecule has 0 N–H and O–H groups in total. The van der Waals surface area contributed by atoms with E-state index in [-0.39, 0.29) is 5.78 Å². The van der Waals surface area contributed by atoms with Gasteiger partial charge >= 0.3 is 0 Å². The van der Waals surface area contributed by atoms with Gasteiger partial charge in [0.25, 0.3) is 0 Å². The van der Waals surface area contributed by atoms with Crippen molar-refractivity contribution in [3.8, 4) is 0 Å². The van der Waals surface area contributed by atoms with Gasteiger partial charge in [0.15, 0.2) is 5.78 Å². The lowest BCUT2D eigenvalue weighted by Gasteiger charge is -2.03. The summed E-state index contributed by atoms with van der Waals surface area (Å²) in [5, 5.41) is 0. The Balaban J connectivity index is 2.47. The smallest absolute Gasteiger partial charge is 0.194 e. The van der Waals surface area contributed by atoms with Crippen LogP contribution in [0.1, 0.15) is 26.4 Å². The van der Waals surface area contributed by atoms with Crippen LogP contribution in [0.15, 0.2) is 34.1 Å². The molecular formula is C13H11BrOS. The SMILES string of the molecule is Cc1ccccc1C(=O)c1cc(Br)sc1C. The van der Waals surface area contributed by atoms with E-state index in [1.807, 2.05) is 44.2 Å². The van der Waals surface area contributed by atoms with Crippen molar-refractivity contribution >= 4 is 33.0 Å². The molecule has 3 heteroatoms. The van der Waals surface area contributed by atoms with Crippen LogP contribution in [0, 0.1) is 13.8 Å². The Kier molecular flexibility index (Phi) is 3.26. The number of carbonyl (C=O) groups excluding carboxylic acids is 1. The number of ketones is 1. The van der Waals surface area contributed by atoms with Crippen molar-refractivity contribution in [3.63, 3.8) is 0 Å². The quantitative estimate of drug-likeness (QED) is 0.752. The molecule has 0 unspecified atom stereocenters. The van der Waals surface area contributed by atoms with E-state index >= 15 is 0 Å². The molecule has 0 aliphatic heterocycles. The third-order valence-electron chi connectivity index (χ3n) is 2.52. The average Bonchev–Trinajstić information content (AvgIpc) is 2.58. The lowest BCUT2D eigenvalue weighted by Crippen LogP contribution is -2.03. The predicted molar refractivity (Wildman–Crippen MR) is 71.4 cm³/mol. The van der Waals surface area contributed by atoms with Crippen LogP contribution in [0.5, 0.6) is 0 Å². The van der Waals surface area contributed by atoms with Crippen molar-refractivity contribution in [3.05, 3.63) is 55.7 Å². The molecule has 2 rings (SSSR count). The van der Waals surface area contributed by atoms with Gasteiger partial charge in [0.05, 0.1) is 3.79 Å². The number of hydrogen-bond acceptors (Lipinski definition) is 2. The molecule has 0 bridgehead atoms. The highest BCUT2D eigenvalue weighted by Gasteiger charge is 2.15. The van der Waals surface area contributed by atoms with Gasteiger partial charge in [-0.3, -0.25) is 4.79 Å². The monoisotopic (exact) mass is 294 g/mol. The van der Waals surface area contributed by atoms with E-state index in [1.54, 1.807) is 11.3 Å². The summed E-state index contributed by atoms with van der Waals surface area (Å²) in [6.07, 6.45) is 0.